The van der Waals surface area contributed by atoms with Crippen LogP contribution in [-0.4, -0.2) is 17.2 Å². The molecule has 0 unspecified atom stereocenters. The zero-order chi connectivity index (χ0) is 8.58. The van der Waals surface area contributed by atoms with E-state index in [1.54, 1.807) is 0 Å². The lowest BCUT2D eigenvalue weighted by Crippen LogP contribution is -2.37. The van der Waals surface area contributed by atoms with E-state index in [-0.39, 0.29) is 0 Å². The zero-order valence-electron chi connectivity index (χ0n) is 4.22. The van der Waals surface area contributed by atoms with Crippen LogP contribution in [0.1, 0.15) is 0 Å². The second-order valence-corrected chi connectivity index (χ2v) is 2.50. The van der Waals surface area contributed by atoms with Crippen molar-refractivity contribution in [2.45, 2.75) is 17.2 Å². The molecule has 0 spiro atoms. The van der Waals surface area contributed by atoms with E-state index < -0.39 is 17.2 Å². The molecule has 0 bridgehead atoms. The van der Waals surface area contributed by atoms with Crippen molar-refractivity contribution in [3.8, 4) is 0 Å². The van der Waals surface area contributed by atoms with Crippen LogP contribution < -0.4 is 0 Å². The van der Waals surface area contributed by atoms with Crippen molar-refractivity contribution < 1.29 is 26.3 Å². The van der Waals surface area contributed by atoms with Gasteiger partial charge in [-0.3, -0.25) is 0 Å². The standard InChI is InChI=1S/C3HBrF6/c4-2(6,7)1(5)3(8,9)10/h1H/t1-/m1/s1. The summed E-state index contributed by atoms with van der Waals surface area (Å²) in [5.74, 6) is 0. The van der Waals surface area contributed by atoms with Crippen molar-refractivity contribution in [3.05, 3.63) is 0 Å². The van der Waals surface area contributed by atoms with Crippen LogP contribution in [0.4, 0.5) is 26.3 Å². The summed E-state index contributed by atoms with van der Waals surface area (Å²) in [7, 11) is 0. The Bertz CT molecular complexity index is 97.1. The molecule has 0 fully saturated rings. The molecule has 0 rings (SSSR count). The highest BCUT2D eigenvalue weighted by Crippen LogP contribution is 2.38. The van der Waals surface area contributed by atoms with Crippen molar-refractivity contribution in [2.75, 3.05) is 0 Å². The zero-order valence-corrected chi connectivity index (χ0v) is 5.81. The van der Waals surface area contributed by atoms with Gasteiger partial charge < -0.3 is 0 Å². The van der Waals surface area contributed by atoms with Gasteiger partial charge in [0.1, 0.15) is 0 Å². The minimum Gasteiger partial charge on any atom is -0.230 e. The van der Waals surface area contributed by atoms with Crippen LogP contribution in [0.2, 0.25) is 0 Å². The van der Waals surface area contributed by atoms with Crippen LogP contribution >= 0.6 is 15.9 Å². The smallest absolute Gasteiger partial charge is 0.230 e. The van der Waals surface area contributed by atoms with E-state index in [1.165, 1.54) is 15.9 Å². The predicted octanol–water partition coefficient (Wildman–Crippen LogP) is 2.87. The molecule has 0 saturated heterocycles. The van der Waals surface area contributed by atoms with Gasteiger partial charge in [0, 0.05) is 0 Å². The molecule has 0 N–H and O–H groups in total. The Morgan fingerprint density at radius 1 is 1.00 bits per heavy atom. The highest BCUT2D eigenvalue weighted by molar-refractivity contribution is 9.10. The van der Waals surface area contributed by atoms with Gasteiger partial charge in [-0.1, -0.05) is 0 Å². The van der Waals surface area contributed by atoms with Gasteiger partial charge in [-0.05, 0) is 15.9 Å². The van der Waals surface area contributed by atoms with E-state index in [1.807, 2.05) is 0 Å². The largest absolute Gasteiger partial charge is 0.426 e. The van der Waals surface area contributed by atoms with Crippen LogP contribution in [-0.2, 0) is 0 Å². The first-order valence-corrected chi connectivity index (χ1v) is 2.72. The molecule has 0 aliphatic rings. The Labute approximate surface area is 60.3 Å². The second-order valence-electron chi connectivity index (χ2n) is 1.45. The van der Waals surface area contributed by atoms with Gasteiger partial charge >= 0.3 is 11.0 Å². The monoisotopic (exact) mass is 230 g/mol. The SMILES string of the molecule is F[C@@H](C(F)(F)F)C(F)(F)Br. The maximum atomic E-state index is 11.5. The van der Waals surface area contributed by atoms with Crippen LogP contribution in [0, 0.1) is 0 Å². The van der Waals surface area contributed by atoms with Crippen molar-refractivity contribution in [2.24, 2.45) is 0 Å². The summed E-state index contributed by atoms with van der Waals surface area (Å²) in [5, 5.41) is 0. The van der Waals surface area contributed by atoms with E-state index in [2.05, 4.69) is 0 Å². The maximum absolute atomic E-state index is 11.5. The minimum absolute atomic E-state index is 1.25. The van der Waals surface area contributed by atoms with E-state index >= 15 is 0 Å². The van der Waals surface area contributed by atoms with Crippen LogP contribution in [0.3, 0.4) is 0 Å². The molecular formula is C3HBrF6. The molecular weight excluding hydrogens is 230 g/mol. The van der Waals surface area contributed by atoms with Gasteiger partial charge in [0.2, 0.25) is 0 Å². The molecule has 7 heteroatoms. The molecule has 0 saturated carbocycles. The summed E-state index contributed by atoms with van der Waals surface area (Å²) < 4.78 is 67.5. The number of halogens is 7. The van der Waals surface area contributed by atoms with Gasteiger partial charge in [-0.2, -0.15) is 22.0 Å². The molecule has 0 amide bonds. The van der Waals surface area contributed by atoms with Crippen LogP contribution in [0.5, 0.6) is 0 Å². The number of hydrogen-bond donors (Lipinski definition) is 0. The van der Waals surface area contributed by atoms with Gasteiger partial charge in [0.05, 0.1) is 0 Å². The Hall–Kier alpha value is 0.0600. The summed E-state index contributed by atoms with van der Waals surface area (Å²) in [6, 6.07) is 0. The summed E-state index contributed by atoms with van der Waals surface area (Å²) in [6.07, 6.45) is -9.67. The lowest BCUT2D eigenvalue weighted by Gasteiger charge is -2.16. The van der Waals surface area contributed by atoms with Crippen molar-refractivity contribution >= 4 is 15.9 Å². The number of alkyl halides is 7. The topological polar surface area (TPSA) is 0 Å². The number of hydrogen-bond acceptors (Lipinski definition) is 0. The molecule has 0 radical (unpaired) electrons. The van der Waals surface area contributed by atoms with Crippen molar-refractivity contribution in [1.29, 1.82) is 0 Å². The van der Waals surface area contributed by atoms with Crippen molar-refractivity contribution in [1.82, 2.24) is 0 Å². The van der Waals surface area contributed by atoms with E-state index in [0.29, 0.717) is 0 Å². The van der Waals surface area contributed by atoms with E-state index in [9.17, 15) is 26.3 Å². The first-order chi connectivity index (χ1) is 4.15. The fraction of sp³-hybridized carbons (Fsp3) is 1.00. The molecule has 0 aliphatic carbocycles. The molecule has 10 heavy (non-hydrogen) atoms. The molecule has 0 aromatic heterocycles. The van der Waals surface area contributed by atoms with Gasteiger partial charge in [-0.15, -0.1) is 0 Å². The summed E-state index contributed by atoms with van der Waals surface area (Å²) in [5.41, 5.74) is 0. The van der Waals surface area contributed by atoms with Crippen LogP contribution in [0.15, 0.2) is 0 Å². The van der Waals surface area contributed by atoms with Crippen molar-refractivity contribution in [3.63, 3.8) is 0 Å². The normalized spacial score (nSPS) is 17.1. The third-order valence-corrected chi connectivity index (χ3v) is 0.977. The first kappa shape index (κ1) is 10.1. The fourth-order valence-corrected chi connectivity index (χ4v) is 0.445. The van der Waals surface area contributed by atoms with Gasteiger partial charge in [0.15, 0.2) is 0 Å². The van der Waals surface area contributed by atoms with Gasteiger partial charge in [0.25, 0.3) is 6.17 Å². The Morgan fingerprint density at radius 2 is 1.30 bits per heavy atom. The Balaban J connectivity index is 4.23. The minimum atomic E-state index is -5.52. The molecule has 0 aliphatic heterocycles. The molecule has 0 aromatic carbocycles. The maximum Gasteiger partial charge on any atom is 0.426 e. The first-order valence-electron chi connectivity index (χ1n) is 1.93. The Morgan fingerprint density at radius 3 is 1.30 bits per heavy atom. The lowest BCUT2D eigenvalue weighted by molar-refractivity contribution is -0.218. The van der Waals surface area contributed by atoms with Crippen LogP contribution in [0.25, 0.3) is 0 Å². The molecule has 0 nitrogen and oxygen atoms in total. The quantitative estimate of drug-likeness (QED) is 0.480. The molecule has 62 valence electrons. The summed E-state index contributed by atoms with van der Waals surface area (Å²) >= 11 is 1.25. The highest BCUT2D eigenvalue weighted by Gasteiger charge is 2.55. The third-order valence-electron chi connectivity index (χ3n) is 0.575. The third kappa shape index (κ3) is 2.76. The second kappa shape index (κ2) is 2.60. The highest BCUT2D eigenvalue weighted by atomic mass is 79.9. The predicted molar refractivity (Wildman–Crippen MR) is 24.8 cm³/mol. The summed E-state index contributed by atoms with van der Waals surface area (Å²) in [4.78, 5) is -4.54. The molecule has 0 heterocycles. The average Bonchev–Trinajstić information content (AvgIpc) is 1.59. The molecule has 0 aromatic rings. The average molecular weight is 231 g/mol. The fourth-order valence-electron chi connectivity index (χ4n) is 0.186. The van der Waals surface area contributed by atoms with E-state index in [4.69, 9.17) is 0 Å². The Kier molecular flexibility index (Phi) is 2.61. The summed E-state index contributed by atoms with van der Waals surface area (Å²) in [6.45, 7) is 0. The van der Waals surface area contributed by atoms with E-state index in [0.717, 1.165) is 0 Å². The molecule has 1 atom stereocenters. The van der Waals surface area contributed by atoms with Gasteiger partial charge in [-0.25, -0.2) is 4.39 Å². The lowest BCUT2D eigenvalue weighted by atomic mass is 10.4. The number of rotatable bonds is 1.